The molecule has 1 aliphatic rings. The lowest BCUT2D eigenvalue weighted by Gasteiger charge is -2.47. The van der Waals surface area contributed by atoms with Gasteiger partial charge in [0.2, 0.25) is 0 Å². The predicted octanol–water partition coefficient (Wildman–Crippen LogP) is 6.59. The maximum atomic E-state index is 13.5. The SMILES string of the molecule is C[C@H](CC=O)[C@@H]1O[C@H](COCc2ccccc2)[C@@H](OCc2ccccc2)[C@H](OCc2ccccc2)[C@H]1OC(=O)c1ccccc1. The molecule has 4 aromatic rings. The lowest BCUT2D eigenvalue weighted by Crippen LogP contribution is -2.63. The van der Waals surface area contributed by atoms with E-state index in [0.717, 1.165) is 23.0 Å². The number of carbonyl (C=O) groups excluding carboxylic acids is 2. The van der Waals surface area contributed by atoms with Crippen molar-refractivity contribution in [3.63, 3.8) is 0 Å². The molecule has 6 atom stereocenters. The van der Waals surface area contributed by atoms with Crippen LogP contribution in [0.1, 0.15) is 40.4 Å². The first kappa shape index (κ1) is 32.3. The van der Waals surface area contributed by atoms with Crippen molar-refractivity contribution in [1.82, 2.24) is 0 Å². The minimum absolute atomic E-state index is 0.212. The summed E-state index contributed by atoms with van der Waals surface area (Å²) in [7, 11) is 0. The third-order valence-electron chi connectivity index (χ3n) is 7.92. The highest BCUT2D eigenvalue weighted by Gasteiger charge is 2.51. The zero-order chi connectivity index (χ0) is 31.3. The van der Waals surface area contributed by atoms with E-state index >= 15 is 0 Å². The van der Waals surface area contributed by atoms with Crippen LogP contribution in [0.4, 0.5) is 0 Å². The Kier molecular flexibility index (Phi) is 12.0. The van der Waals surface area contributed by atoms with Crippen molar-refractivity contribution < 1.29 is 33.3 Å². The second-order valence-corrected chi connectivity index (χ2v) is 11.3. The van der Waals surface area contributed by atoms with Gasteiger partial charge < -0.3 is 28.5 Å². The third kappa shape index (κ3) is 9.19. The number of esters is 1. The second-order valence-electron chi connectivity index (χ2n) is 11.3. The molecule has 0 saturated carbocycles. The van der Waals surface area contributed by atoms with Gasteiger partial charge in [0.25, 0.3) is 0 Å². The molecule has 45 heavy (non-hydrogen) atoms. The van der Waals surface area contributed by atoms with Crippen LogP contribution in [0, 0.1) is 5.92 Å². The van der Waals surface area contributed by atoms with Crippen LogP contribution in [0.15, 0.2) is 121 Å². The third-order valence-corrected chi connectivity index (χ3v) is 7.92. The highest BCUT2D eigenvalue weighted by atomic mass is 16.6. The molecule has 7 nitrogen and oxygen atoms in total. The Morgan fingerprint density at radius 3 is 1.71 bits per heavy atom. The quantitative estimate of drug-likeness (QED) is 0.111. The Bertz CT molecular complexity index is 1430. The van der Waals surface area contributed by atoms with Crippen LogP contribution in [0.2, 0.25) is 0 Å². The molecule has 0 bridgehead atoms. The van der Waals surface area contributed by atoms with Gasteiger partial charge in [-0.1, -0.05) is 116 Å². The number of benzene rings is 4. The minimum atomic E-state index is -0.859. The van der Waals surface area contributed by atoms with Gasteiger partial charge >= 0.3 is 5.97 Å². The number of ether oxygens (including phenoxy) is 5. The molecule has 0 unspecified atom stereocenters. The fourth-order valence-corrected chi connectivity index (χ4v) is 5.51. The molecular formula is C38H40O7. The first-order chi connectivity index (χ1) is 22.1. The molecule has 0 N–H and O–H groups in total. The molecule has 5 rings (SSSR count). The number of hydrogen-bond donors (Lipinski definition) is 0. The van der Waals surface area contributed by atoms with Crippen molar-refractivity contribution in [1.29, 1.82) is 0 Å². The van der Waals surface area contributed by atoms with E-state index in [-0.39, 0.29) is 25.6 Å². The average Bonchev–Trinajstić information content (AvgIpc) is 3.09. The zero-order valence-electron chi connectivity index (χ0n) is 25.5. The van der Waals surface area contributed by atoms with Gasteiger partial charge in [-0.15, -0.1) is 0 Å². The summed E-state index contributed by atoms with van der Waals surface area (Å²) in [5.41, 5.74) is 3.40. The van der Waals surface area contributed by atoms with Gasteiger partial charge in [0.05, 0.1) is 32.0 Å². The van der Waals surface area contributed by atoms with Gasteiger partial charge in [-0.2, -0.15) is 0 Å². The second kappa shape index (κ2) is 16.8. The van der Waals surface area contributed by atoms with Crippen LogP contribution in [0.5, 0.6) is 0 Å². The molecule has 0 aromatic heterocycles. The lowest BCUT2D eigenvalue weighted by molar-refractivity contribution is -0.268. The molecule has 4 aromatic carbocycles. The van der Waals surface area contributed by atoms with Crippen molar-refractivity contribution in [2.24, 2.45) is 5.92 Å². The van der Waals surface area contributed by atoms with Crippen LogP contribution in [-0.4, -0.2) is 49.4 Å². The van der Waals surface area contributed by atoms with Crippen molar-refractivity contribution in [2.45, 2.75) is 63.7 Å². The highest BCUT2D eigenvalue weighted by molar-refractivity contribution is 5.89. The Labute approximate surface area is 265 Å². The monoisotopic (exact) mass is 608 g/mol. The molecule has 0 radical (unpaired) electrons. The van der Waals surface area contributed by atoms with E-state index < -0.39 is 36.5 Å². The molecule has 0 amide bonds. The molecule has 0 aliphatic carbocycles. The van der Waals surface area contributed by atoms with E-state index in [1.807, 2.05) is 104 Å². The molecule has 1 fully saturated rings. The molecule has 0 spiro atoms. The molecule has 234 valence electrons. The molecule has 7 heteroatoms. The summed E-state index contributed by atoms with van der Waals surface area (Å²) in [5, 5.41) is 0. The minimum Gasteiger partial charge on any atom is -0.453 e. The maximum absolute atomic E-state index is 13.5. The number of aldehydes is 1. The van der Waals surface area contributed by atoms with Crippen molar-refractivity contribution in [2.75, 3.05) is 6.61 Å². The van der Waals surface area contributed by atoms with E-state index in [9.17, 15) is 9.59 Å². The fourth-order valence-electron chi connectivity index (χ4n) is 5.51. The number of hydrogen-bond acceptors (Lipinski definition) is 7. The van der Waals surface area contributed by atoms with E-state index in [1.54, 1.807) is 24.3 Å². The van der Waals surface area contributed by atoms with Gasteiger partial charge in [-0.25, -0.2) is 4.79 Å². The van der Waals surface area contributed by atoms with E-state index in [0.29, 0.717) is 18.8 Å². The standard InChI is InChI=1S/C38H40O7/c1-28(22-23-39)34-37(45-38(40)32-20-12-5-13-21-32)36(43-26-31-18-10-4-11-19-31)35(42-25-30-16-8-3-9-17-30)33(44-34)27-41-24-29-14-6-2-7-15-29/h2-21,23,28,33-37H,22,24-27H2,1H3/t28-,33-,34+,35-,36+,37+/m1/s1. The first-order valence-corrected chi connectivity index (χ1v) is 15.4. The largest absolute Gasteiger partial charge is 0.453 e. The van der Waals surface area contributed by atoms with Gasteiger partial charge in [-0.3, -0.25) is 0 Å². The topological polar surface area (TPSA) is 80.3 Å². The van der Waals surface area contributed by atoms with Crippen molar-refractivity contribution in [3.8, 4) is 0 Å². The van der Waals surface area contributed by atoms with Crippen LogP contribution >= 0.6 is 0 Å². The molecule has 1 aliphatic heterocycles. The van der Waals surface area contributed by atoms with Crippen molar-refractivity contribution >= 4 is 12.3 Å². The molecule has 1 heterocycles. The van der Waals surface area contributed by atoms with Crippen LogP contribution in [0.3, 0.4) is 0 Å². The Balaban J connectivity index is 1.47. The highest BCUT2D eigenvalue weighted by Crippen LogP contribution is 2.34. The van der Waals surface area contributed by atoms with Gasteiger partial charge in [0.15, 0.2) is 6.10 Å². The Morgan fingerprint density at radius 2 is 1.18 bits per heavy atom. The van der Waals surface area contributed by atoms with Crippen LogP contribution in [-0.2, 0) is 48.3 Å². The predicted molar refractivity (Wildman–Crippen MR) is 170 cm³/mol. The van der Waals surface area contributed by atoms with Gasteiger partial charge in [0.1, 0.15) is 30.7 Å². The summed E-state index contributed by atoms with van der Waals surface area (Å²) >= 11 is 0. The number of rotatable bonds is 15. The van der Waals surface area contributed by atoms with E-state index in [4.69, 9.17) is 23.7 Å². The lowest BCUT2D eigenvalue weighted by atomic mass is 9.86. The molecular weight excluding hydrogens is 568 g/mol. The summed E-state index contributed by atoms with van der Waals surface area (Å²) in [4.78, 5) is 25.2. The fraction of sp³-hybridized carbons (Fsp3) is 0.316. The number of carbonyl (C=O) groups is 2. The summed E-state index contributed by atoms with van der Waals surface area (Å²) in [6.45, 7) is 3.08. The zero-order valence-corrected chi connectivity index (χ0v) is 25.5. The Morgan fingerprint density at radius 1 is 0.689 bits per heavy atom. The van der Waals surface area contributed by atoms with Gasteiger partial charge in [0, 0.05) is 6.42 Å². The van der Waals surface area contributed by atoms with Crippen LogP contribution in [0.25, 0.3) is 0 Å². The molecule has 1 saturated heterocycles. The Hall–Kier alpha value is -4.14. The van der Waals surface area contributed by atoms with E-state index in [2.05, 4.69) is 0 Å². The first-order valence-electron chi connectivity index (χ1n) is 15.4. The maximum Gasteiger partial charge on any atom is 0.338 e. The normalized spacial score (nSPS) is 21.9. The smallest absolute Gasteiger partial charge is 0.338 e. The summed E-state index contributed by atoms with van der Waals surface area (Å²) in [5.74, 6) is -0.771. The van der Waals surface area contributed by atoms with Crippen molar-refractivity contribution in [3.05, 3.63) is 144 Å². The van der Waals surface area contributed by atoms with E-state index in [1.165, 1.54) is 0 Å². The summed E-state index contributed by atoms with van der Waals surface area (Å²) in [6, 6.07) is 38.4. The summed E-state index contributed by atoms with van der Waals surface area (Å²) in [6.07, 6.45) is -2.36. The average molecular weight is 609 g/mol. The van der Waals surface area contributed by atoms with Gasteiger partial charge in [-0.05, 0) is 34.7 Å². The van der Waals surface area contributed by atoms with Crippen LogP contribution < -0.4 is 0 Å². The summed E-state index contributed by atoms with van der Waals surface area (Å²) < 4.78 is 32.4.